The summed E-state index contributed by atoms with van der Waals surface area (Å²) in [5, 5.41) is 0. The van der Waals surface area contributed by atoms with Crippen LogP contribution in [0.1, 0.15) is 55.4 Å². The first-order valence-electron chi connectivity index (χ1n) is 11.8. The molecule has 0 spiro atoms. The van der Waals surface area contributed by atoms with E-state index in [4.69, 9.17) is 9.47 Å². The Hall–Kier alpha value is -2.72. The summed E-state index contributed by atoms with van der Waals surface area (Å²) in [5.41, 5.74) is 3.89. The van der Waals surface area contributed by atoms with Gasteiger partial charge in [0.15, 0.2) is 0 Å². The summed E-state index contributed by atoms with van der Waals surface area (Å²) in [6.07, 6.45) is 2.53. The molecule has 0 N–H and O–H groups in total. The molecule has 1 aliphatic rings. The quantitative estimate of drug-likeness (QED) is 0.346. The zero-order valence-corrected chi connectivity index (χ0v) is 20.5. The van der Waals surface area contributed by atoms with Gasteiger partial charge in [0.05, 0.1) is 6.61 Å². The molecule has 4 heteroatoms. The maximum Gasteiger partial charge on any atom is 0.350 e. The molecule has 2 atom stereocenters. The molecule has 172 valence electrons. The van der Waals surface area contributed by atoms with Crippen LogP contribution in [0.3, 0.4) is 0 Å². The van der Waals surface area contributed by atoms with Gasteiger partial charge >= 0.3 is 5.97 Å². The number of hydrogen-bond acceptors (Lipinski definition) is 4. The third-order valence-corrected chi connectivity index (χ3v) is 7.36. The van der Waals surface area contributed by atoms with Gasteiger partial charge in [0.1, 0.15) is 5.75 Å². The molecule has 0 aliphatic carbocycles. The van der Waals surface area contributed by atoms with Crippen molar-refractivity contribution in [3.8, 4) is 5.75 Å². The van der Waals surface area contributed by atoms with Gasteiger partial charge in [-0.3, -0.25) is 0 Å². The van der Waals surface area contributed by atoms with E-state index in [1.54, 1.807) is 0 Å². The predicted octanol–water partition coefficient (Wildman–Crippen LogP) is 6.82. The Kier molecular flexibility index (Phi) is 7.44. The van der Waals surface area contributed by atoms with Crippen LogP contribution >= 0.6 is 11.8 Å². The Labute approximate surface area is 201 Å². The van der Waals surface area contributed by atoms with Crippen LogP contribution in [0.15, 0.2) is 77.7 Å². The van der Waals surface area contributed by atoms with Crippen LogP contribution in [0.5, 0.6) is 5.75 Å². The summed E-state index contributed by atoms with van der Waals surface area (Å²) in [6.45, 7) is 6.10. The molecular formula is C29H32O3S. The molecule has 3 aromatic carbocycles. The van der Waals surface area contributed by atoms with Gasteiger partial charge in [-0.2, -0.15) is 0 Å². The second-order valence-electron chi connectivity index (χ2n) is 8.70. The number of carbonyl (C=O) groups excluding carboxylic acids is 1. The van der Waals surface area contributed by atoms with Gasteiger partial charge in [-0.1, -0.05) is 61.5 Å². The van der Waals surface area contributed by atoms with E-state index >= 15 is 0 Å². The normalized spacial score (nSPS) is 17.0. The summed E-state index contributed by atoms with van der Waals surface area (Å²) < 4.78 is 11.7. The Bertz CT molecular complexity index is 1090. The van der Waals surface area contributed by atoms with Gasteiger partial charge in [-0.15, -0.1) is 11.8 Å². The minimum absolute atomic E-state index is 0.324. The van der Waals surface area contributed by atoms with Crippen LogP contribution in [0.25, 0.3) is 0 Å². The van der Waals surface area contributed by atoms with Crippen molar-refractivity contribution in [3.05, 3.63) is 95.1 Å². The number of benzene rings is 3. The maximum absolute atomic E-state index is 12.9. The maximum atomic E-state index is 12.9. The highest BCUT2D eigenvalue weighted by Gasteiger charge is 2.38. The fourth-order valence-corrected chi connectivity index (χ4v) is 5.62. The smallest absolute Gasteiger partial charge is 0.350 e. The van der Waals surface area contributed by atoms with Crippen molar-refractivity contribution >= 4 is 17.7 Å². The van der Waals surface area contributed by atoms with E-state index in [0.717, 1.165) is 24.2 Å². The summed E-state index contributed by atoms with van der Waals surface area (Å²) >= 11 is 1.93. The number of carbonyl (C=O) groups is 1. The SMILES string of the molecule is CCOC(=O)C(C)(Cc1cccc(CC)c1)Oc1ccc(C2CCSc3ccccc32)cc1. The fourth-order valence-electron chi connectivity index (χ4n) is 4.50. The molecule has 2 unspecified atom stereocenters. The lowest BCUT2D eigenvalue weighted by Gasteiger charge is -2.29. The Morgan fingerprint density at radius 3 is 2.52 bits per heavy atom. The first kappa shape index (κ1) is 23.4. The number of ether oxygens (including phenoxy) is 2. The average Bonchev–Trinajstić information content (AvgIpc) is 2.84. The molecule has 33 heavy (non-hydrogen) atoms. The van der Waals surface area contributed by atoms with E-state index in [9.17, 15) is 4.79 Å². The molecule has 3 nitrogen and oxygen atoms in total. The van der Waals surface area contributed by atoms with Crippen molar-refractivity contribution in [2.24, 2.45) is 0 Å². The van der Waals surface area contributed by atoms with Gasteiger partial charge < -0.3 is 9.47 Å². The number of hydrogen-bond donors (Lipinski definition) is 0. The van der Waals surface area contributed by atoms with Gasteiger partial charge in [0.25, 0.3) is 0 Å². The molecule has 1 heterocycles. The van der Waals surface area contributed by atoms with Crippen LogP contribution in [-0.2, 0) is 22.4 Å². The van der Waals surface area contributed by atoms with Crippen molar-refractivity contribution in [3.63, 3.8) is 0 Å². The lowest BCUT2D eigenvalue weighted by molar-refractivity contribution is -0.160. The average molecular weight is 461 g/mol. The molecule has 0 fully saturated rings. The summed E-state index contributed by atoms with van der Waals surface area (Å²) in [4.78, 5) is 14.3. The van der Waals surface area contributed by atoms with Crippen molar-refractivity contribution in [1.82, 2.24) is 0 Å². The topological polar surface area (TPSA) is 35.5 Å². The molecule has 0 aromatic heterocycles. The Morgan fingerprint density at radius 2 is 1.76 bits per heavy atom. The minimum atomic E-state index is -1.10. The van der Waals surface area contributed by atoms with Crippen LogP contribution in [-0.4, -0.2) is 23.9 Å². The molecule has 4 rings (SSSR count). The number of esters is 1. The minimum Gasteiger partial charge on any atom is -0.476 e. The van der Waals surface area contributed by atoms with Gasteiger partial charge in [0.2, 0.25) is 5.60 Å². The van der Waals surface area contributed by atoms with E-state index < -0.39 is 5.60 Å². The van der Waals surface area contributed by atoms with Crippen LogP contribution < -0.4 is 4.74 Å². The van der Waals surface area contributed by atoms with Crippen molar-refractivity contribution in [2.45, 2.75) is 56.4 Å². The van der Waals surface area contributed by atoms with Gasteiger partial charge in [0, 0.05) is 17.2 Å². The van der Waals surface area contributed by atoms with Crippen LogP contribution in [0.4, 0.5) is 0 Å². The molecular weight excluding hydrogens is 428 g/mol. The van der Waals surface area contributed by atoms with Crippen molar-refractivity contribution in [1.29, 1.82) is 0 Å². The van der Waals surface area contributed by atoms with E-state index in [1.165, 1.54) is 21.6 Å². The largest absolute Gasteiger partial charge is 0.476 e. The van der Waals surface area contributed by atoms with E-state index in [2.05, 4.69) is 55.5 Å². The van der Waals surface area contributed by atoms with E-state index in [0.29, 0.717) is 24.7 Å². The second-order valence-corrected chi connectivity index (χ2v) is 9.84. The lowest BCUT2D eigenvalue weighted by atomic mass is 9.88. The van der Waals surface area contributed by atoms with E-state index in [1.807, 2.05) is 49.9 Å². The molecule has 0 saturated heterocycles. The molecule has 0 bridgehead atoms. The highest BCUT2D eigenvalue weighted by Crippen LogP contribution is 2.41. The van der Waals surface area contributed by atoms with Gasteiger partial charge in [-0.25, -0.2) is 4.79 Å². The second kappa shape index (κ2) is 10.5. The highest BCUT2D eigenvalue weighted by atomic mass is 32.2. The third-order valence-electron chi connectivity index (χ3n) is 6.23. The predicted molar refractivity (Wildman–Crippen MR) is 135 cm³/mol. The molecule has 0 saturated carbocycles. The fraction of sp³-hybridized carbons (Fsp3) is 0.345. The van der Waals surface area contributed by atoms with E-state index in [-0.39, 0.29) is 5.97 Å². The van der Waals surface area contributed by atoms with Crippen LogP contribution in [0, 0.1) is 0 Å². The first-order valence-corrected chi connectivity index (χ1v) is 12.8. The monoisotopic (exact) mass is 460 g/mol. The number of rotatable bonds is 8. The van der Waals surface area contributed by atoms with Gasteiger partial charge in [-0.05, 0) is 72.9 Å². The van der Waals surface area contributed by atoms with Crippen LogP contribution in [0.2, 0.25) is 0 Å². The number of thioether (sulfide) groups is 1. The number of aryl methyl sites for hydroxylation is 1. The summed E-state index contributed by atoms with van der Waals surface area (Å²) in [5.74, 6) is 1.86. The first-order chi connectivity index (χ1) is 16.0. The standard InChI is InChI=1S/C29H32O3S/c1-4-21-9-8-10-22(19-21)20-29(3,28(30)31-5-2)32-24-15-13-23(14-16-24)25-17-18-33-27-12-7-6-11-26(25)27/h6-16,19,25H,4-5,17-18,20H2,1-3H3. The summed E-state index contributed by atoms with van der Waals surface area (Å²) in [7, 11) is 0. The zero-order chi connectivity index (χ0) is 23.3. The Balaban J connectivity index is 1.56. The Morgan fingerprint density at radius 1 is 1.00 bits per heavy atom. The molecule has 0 radical (unpaired) electrons. The molecule has 0 amide bonds. The van der Waals surface area contributed by atoms with Crippen molar-refractivity contribution in [2.75, 3.05) is 12.4 Å². The van der Waals surface area contributed by atoms with Crippen molar-refractivity contribution < 1.29 is 14.3 Å². The number of fused-ring (bicyclic) bond motifs is 1. The highest BCUT2D eigenvalue weighted by molar-refractivity contribution is 7.99. The molecule has 3 aromatic rings. The summed E-state index contributed by atoms with van der Waals surface area (Å²) in [6, 6.07) is 25.2. The zero-order valence-electron chi connectivity index (χ0n) is 19.7. The third kappa shape index (κ3) is 5.44. The lowest BCUT2D eigenvalue weighted by Crippen LogP contribution is -2.45. The molecule has 1 aliphatic heterocycles.